The zero-order valence-electron chi connectivity index (χ0n) is 19.7. The highest BCUT2D eigenvalue weighted by atomic mass is 16.5. The Kier molecular flexibility index (Phi) is 8.81. The van der Waals surface area contributed by atoms with Crippen LogP contribution in [0.3, 0.4) is 0 Å². The zero-order valence-corrected chi connectivity index (χ0v) is 19.7. The molecule has 188 valence electrons. The number of hydrogen-bond donors (Lipinski definition) is 5. The molecule has 10 nitrogen and oxygen atoms in total. The van der Waals surface area contributed by atoms with Crippen LogP contribution in [0.15, 0.2) is 0 Å². The highest BCUT2D eigenvalue weighted by Gasteiger charge is 2.44. The third-order valence-electron chi connectivity index (χ3n) is 7.77. The van der Waals surface area contributed by atoms with Crippen LogP contribution < -0.4 is 16.0 Å². The number of nitrogens with zero attached hydrogens (tertiary/aromatic N) is 2. The number of piperidine rings is 1. The fraction of sp³-hybridized carbons (Fsp3) is 0.913. The van der Waals surface area contributed by atoms with Crippen molar-refractivity contribution in [3.63, 3.8) is 0 Å². The van der Waals surface area contributed by atoms with E-state index >= 15 is 0 Å². The third-order valence-corrected chi connectivity index (χ3v) is 7.77. The van der Waals surface area contributed by atoms with Gasteiger partial charge in [-0.3, -0.25) is 9.69 Å². The quantitative estimate of drug-likeness (QED) is 0.330. The van der Waals surface area contributed by atoms with E-state index in [1.807, 2.05) is 4.90 Å². The normalized spacial score (nSPS) is 34.2. The standard InChI is InChI=1S/C23H41N5O5/c29-20(28-12-10-27(11-13-28)19-8-4-5-9-24-19)14-17-21(30)22(31)18(33-17)15-25-23(32)26-16-6-2-1-3-7-16/h16-19,21-22,24,30-31H,1-15H2,(H2,25,26,32)/p+1/t17-,18-,19?,21-,22+/m0/s1. The Hall–Kier alpha value is -1.46. The van der Waals surface area contributed by atoms with Crippen LogP contribution >= 0.6 is 0 Å². The molecule has 3 saturated heterocycles. The Balaban J connectivity index is 1.18. The highest BCUT2D eigenvalue weighted by molar-refractivity contribution is 5.77. The van der Waals surface area contributed by atoms with Crippen LogP contribution in [0, 0.1) is 0 Å². The summed E-state index contributed by atoms with van der Waals surface area (Å²) in [5, 5.41) is 28.9. The summed E-state index contributed by atoms with van der Waals surface area (Å²) < 4.78 is 5.80. The lowest BCUT2D eigenvalue weighted by Crippen LogP contribution is -2.95. The minimum atomic E-state index is -1.14. The van der Waals surface area contributed by atoms with Gasteiger partial charge in [0.25, 0.3) is 0 Å². The first kappa shape index (κ1) is 24.7. The van der Waals surface area contributed by atoms with Gasteiger partial charge in [0, 0.05) is 45.2 Å². The number of aliphatic hydroxyl groups excluding tert-OH is 2. The summed E-state index contributed by atoms with van der Waals surface area (Å²) >= 11 is 0. The van der Waals surface area contributed by atoms with Crippen LogP contribution in [0.2, 0.25) is 0 Å². The molecule has 0 bridgehead atoms. The van der Waals surface area contributed by atoms with Crippen LogP contribution in [-0.4, -0.2) is 108 Å². The van der Waals surface area contributed by atoms with Crippen molar-refractivity contribution in [1.82, 2.24) is 20.4 Å². The van der Waals surface area contributed by atoms with Gasteiger partial charge in [-0.1, -0.05) is 19.3 Å². The molecular weight excluding hydrogens is 426 g/mol. The monoisotopic (exact) mass is 468 g/mol. The minimum Gasteiger partial charge on any atom is -0.388 e. The molecule has 0 aromatic heterocycles. The lowest BCUT2D eigenvalue weighted by Gasteiger charge is -2.39. The Labute approximate surface area is 196 Å². The number of amides is 3. The van der Waals surface area contributed by atoms with Crippen molar-refractivity contribution in [2.24, 2.45) is 0 Å². The predicted octanol–water partition coefficient (Wildman–Crippen LogP) is -1.28. The fourth-order valence-electron chi connectivity index (χ4n) is 5.70. The van der Waals surface area contributed by atoms with Crippen molar-refractivity contribution in [2.45, 2.75) is 94.4 Å². The number of carbonyl (C=O) groups is 2. The van der Waals surface area contributed by atoms with Crippen molar-refractivity contribution in [3.8, 4) is 0 Å². The molecule has 3 aliphatic heterocycles. The number of rotatable bonds is 6. The predicted molar refractivity (Wildman–Crippen MR) is 121 cm³/mol. The molecule has 4 fully saturated rings. The first-order valence-electron chi connectivity index (χ1n) is 12.9. The second kappa shape index (κ2) is 11.8. The molecule has 1 saturated carbocycles. The lowest BCUT2D eigenvalue weighted by atomic mass is 9.96. The molecule has 0 spiro atoms. The van der Waals surface area contributed by atoms with Crippen molar-refractivity contribution < 1.29 is 29.9 Å². The van der Waals surface area contributed by atoms with Crippen molar-refractivity contribution in [1.29, 1.82) is 0 Å². The second-order valence-electron chi connectivity index (χ2n) is 10.1. The Morgan fingerprint density at radius 1 is 0.909 bits per heavy atom. The molecule has 33 heavy (non-hydrogen) atoms. The average Bonchev–Trinajstić information content (AvgIpc) is 3.12. The van der Waals surface area contributed by atoms with Gasteiger partial charge < -0.3 is 35.8 Å². The SMILES string of the molecule is O=C(NC[C@@H]1O[C@@H](CC(=O)N2CCN(C3CCCC[NH2+]3)CC2)[C@H](O)[C@@H]1O)NC1CCCCC1. The number of nitrogens with one attached hydrogen (secondary N) is 2. The topological polar surface area (TPSA) is 131 Å². The summed E-state index contributed by atoms with van der Waals surface area (Å²) in [4.78, 5) is 29.3. The smallest absolute Gasteiger partial charge is 0.315 e. The molecule has 1 unspecified atom stereocenters. The minimum absolute atomic E-state index is 0.0402. The zero-order chi connectivity index (χ0) is 23.2. The van der Waals surface area contributed by atoms with E-state index in [0.717, 1.165) is 38.8 Å². The molecule has 0 radical (unpaired) electrons. The number of piperazine rings is 1. The van der Waals surface area contributed by atoms with E-state index in [9.17, 15) is 19.8 Å². The highest BCUT2D eigenvalue weighted by Crippen LogP contribution is 2.24. The maximum Gasteiger partial charge on any atom is 0.315 e. The van der Waals surface area contributed by atoms with Gasteiger partial charge >= 0.3 is 6.03 Å². The van der Waals surface area contributed by atoms with E-state index < -0.39 is 24.4 Å². The number of quaternary nitrogens is 1. The largest absolute Gasteiger partial charge is 0.388 e. The van der Waals surface area contributed by atoms with Gasteiger partial charge in [0.15, 0.2) is 0 Å². The molecule has 5 atom stereocenters. The molecule has 4 aliphatic rings. The Morgan fingerprint density at radius 2 is 1.61 bits per heavy atom. The maximum absolute atomic E-state index is 12.8. The summed E-state index contributed by atoms with van der Waals surface area (Å²) in [7, 11) is 0. The number of urea groups is 1. The first-order valence-corrected chi connectivity index (χ1v) is 12.9. The summed E-state index contributed by atoms with van der Waals surface area (Å²) in [5.41, 5.74) is 0. The molecule has 1 aliphatic carbocycles. The first-order chi connectivity index (χ1) is 16.0. The average molecular weight is 469 g/mol. The molecule has 6 N–H and O–H groups in total. The Morgan fingerprint density at radius 3 is 2.30 bits per heavy atom. The summed E-state index contributed by atoms with van der Waals surface area (Å²) in [6, 6.07) is -0.0830. The molecular formula is C23H42N5O5+. The molecule has 10 heteroatoms. The van der Waals surface area contributed by atoms with Crippen LogP contribution in [0.4, 0.5) is 4.79 Å². The second-order valence-corrected chi connectivity index (χ2v) is 10.1. The van der Waals surface area contributed by atoms with Gasteiger partial charge in [-0.25, -0.2) is 4.79 Å². The van der Waals surface area contributed by atoms with Crippen LogP contribution in [0.1, 0.15) is 57.8 Å². The van der Waals surface area contributed by atoms with Crippen molar-refractivity contribution >= 4 is 11.9 Å². The number of ether oxygens (including phenoxy) is 1. The summed E-state index contributed by atoms with van der Waals surface area (Å²) in [6.07, 6.45) is 6.05. The number of aliphatic hydroxyl groups is 2. The number of hydrogen-bond acceptors (Lipinski definition) is 6. The lowest BCUT2D eigenvalue weighted by molar-refractivity contribution is -0.717. The third kappa shape index (κ3) is 6.57. The molecule has 3 heterocycles. The molecule has 4 rings (SSSR count). The molecule has 0 aromatic rings. The fourth-order valence-corrected chi connectivity index (χ4v) is 5.70. The van der Waals surface area contributed by atoms with E-state index in [0.29, 0.717) is 19.3 Å². The number of carbonyl (C=O) groups excluding carboxylic acids is 2. The van der Waals surface area contributed by atoms with Crippen LogP contribution in [-0.2, 0) is 9.53 Å². The summed E-state index contributed by atoms with van der Waals surface area (Å²) in [5.74, 6) is -0.0535. The van der Waals surface area contributed by atoms with Crippen molar-refractivity contribution in [2.75, 3.05) is 39.3 Å². The maximum atomic E-state index is 12.8. The van der Waals surface area contributed by atoms with Gasteiger partial charge in [-0.15, -0.1) is 0 Å². The van der Waals surface area contributed by atoms with Crippen molar-refractivity contribution in [3.05, 3.63) is 0 Å². The van der Waals surface area contributed by atoms with Gasteiger partial charge in [0.2, 0.25) is 5.91 Å². The van der Waals surface area contributed by atoms with Crippen LogP contribution in [0.5, 0.6) is 0 Å². The van der Waals surface area contributed by atoms with E-state index in [2.05, 4.69) is 20.9 Å². The van der Waals surface area contributed by atoms with Gasteiger partial charge in [-0.2, -0.15) is 0 Å². The van der Waals surface area contributed by atoms with Gasteiger partial charge in [0.05, 0.1) is 19.1 Å². The van der Waals surface area contributed by atoms with E-state index in [-0.39, 0.29) is 30.9 Å². The molecule has 3 amide bonds. The van der Waals surface area contributed by atoms with Crippen LogP contribution in [0.25, 0.3) is 0 Å². The summed E-state index contributed by atoms with van der Waals surface area (Å²) in [6.45, 7) is 4.37. The van der Waals surface area contributed by atoms with E-state index in [1.165, 1.54) is 32.2 Å². The number of nitrogens with two attached hydrogens (primary N) is 1. The Bertz CT molecular complexity index is 647. The van der Waals surface area contributed by atoms with E-state index in [4.69, 9.17) is 4.74 Å². The van der Waals surface area contributed by atoms with Gasteiger partial charge in [0.1, 0.15) is 24.5 Å². The van der Waals surface area contributed by atoms with Gasteiger partial charge in [-0.05, 0) is 25.7 Å². The molecule has 0 aromatic carbocycles. The van der Waals surface area contributed by atoms with E-state index in [1.54, 1.807) is 0 Å².